The van der Waals surface area contributed by atoms with Crippen molar-refractivity contribution >= 4 is 33.6 Å². The molecule has 1 N–H and O–H groups in total. The Kier molecular flexibility index (Phi) is 3.75. The Morgan fingerprint density at radius 2 is 2.11 bits per heavy atom. The Hall–Kier alpha value is -1.07. The number of fused-ring (bicyclic) bond motifs is 1. The summed E-state index contributed by atoms with van der Waals surface area (Å²) >= 11 is 5.18. The molecule has 3 nitrogen and oxygen atoms in total. The SMILES string of the molecule is CNc1ncc(Br)c(Sc2ccc3c(c2)CCC3)n1. The fraction of sp³-hybridized carbons (Fsp3) is 0.286. The number of hydrogen-bond acceptors (Lipinski definition) is 4. The highest BCUT2D eigenvalue weighted by Gasteiger charge is 2.12. The number of nitrogens with one attached hydrogen (secondary N) is 1. The van der Waals surface area contributed by atoms with Gasteiger partial charge >= 0.3 is 0 Å². The van der Waals surface area contributed by atoms with E-state index in [-0.39, 0.29) is 0 Å². The van der Waals surface area contributed by atoms with E-state index in [1.807, 2.05) is 7.05 Å². The molecule has 2 aromatic rings. The summed E-state index contributed by atoms with van der Waals surface area (Å²) in [5.74, 6) is 0.645. The predicted octanol–water partition coefficient (Wildman–Crippen LogP) is 3.92. The van der Waals surface area contributed by atoms with Crippen molar-refractivity contribution in [1.82, 2.24) is 9.97 Å². The highest BCUT2D eigenvalue weighted by atomic mass is 79.9. The molecule has 3 rings (SSSR count). The van der Waals surface area contributed by atoms with Gasteiger partial charge < -0.3 is 5.32 Å². The second-order valence-corrected chi connectivity index (χ2v) is 6.40. The second kappa shape index (κ2) is 5.51. The minimum Gasteiger partial charge on any atom is -0.357 e. The number of rotatable bonds is 3. The van der Waals surface area contributed by atoms with Crippen LogP contribution in [0.2, 0.25) is 0 Å². The predicted molar refractivity (Wildman–Crippen MR) is 81.9 cm³/mol. The van der Waals surface area contributed by atoms with E-state index in [1.165, 1.54) is 35.3 Å². The van der Waals surface area contributed by atoms with Gasteiger partial charge in [-0.05, 0) is 58.5 Å². The van der Waals surface area contributed by atoms with E-state index in [0.717, 1.165) is 9.50 Å². The molecular formula is C14H14BrN3S. The van der Waals surface area contributed by atoms with Crippen LogP contribution < -0.4 is 5.32 Å². The summed E-state index contributed by atoms with van der Waals surface area (Å²) in [5.41, 5.74) is 2.99. The van der Waals surface area contributed by atoms with Gasteiger partial charge in [-0.25, -0.2) is 9.97 Å². The molecule has 0 aliphatic heterocycles. The van der Waals surface area contributed by atoms with Crippen molar-refractivity contribution in [2.45, 2.75) is 29.2 Å². The molecule has 1 aromatic carbocycles. The molecule has 0 bridgehead atoms. The zero-order valence-electron chi connectivity index (χ0n) is 10.6. The first-order valence-corrected chi connectivity index (χ1v) is 7.87. The molecular weight excluding hydrogens is 322 g/mol. The Balaban J connectivity index is 1.88. The maximum absolute atomic E-state index is 4.47. The van der Waals surface area contributed by atoms with Crippen molar-refractivity contribution < 1.29 is 0 Å². The van der Waals surface area contributed by atoms with E-state index in [9.17, 15) is 0 Å². The van der Waals surface area contributed by atoms with Crippen molar-refractivity contribution in [3.8, 4) is 0 Å². The van der Waals surface area contributed by atoms with Crippen molar-refractivity contribution in [3.63, 3.8) is 0 Å². The van der Waals surface area contributed by atoms with Crippen LogP contribution in [0.15, 0.2) is 38.8 Å². The molecule has 0 amide bonds. The van der Waals surface area contributed by atoms with Gasteiger partial charge in [-0.3, -0.25) is 0 Å². The van der Waals surface area contributed by atoms with Crippen LogP contribution in [0.4, 0.5) is 5.95 Å². The Morgan fingerprint density at radius 3 is 2.95 bits per heavy atom. The molecule has 0 spiro atoms. The van der Waals surface area contributed by atoms with Gasteiger partial charge in [0, 0.05) is 18.1 Å². The average Bonchev–Trinajstić information content (AvgIpc) is 2.89. The van der Waals surface area contributed by atoms with E-state index >= 15 is 0 Å². The number of aryl methyl sites for hydroxylation is 2. The number of anilines is 1. The Bertz CT molecular complexity index is 616. The maximum Gasteiger partial charge on any atom is 0.223 e. The van der Waals surface area contributed by atoms with E-state index in [4.69, 9.17) is 0 Å². The van der Waals surface area contributed by atoms with Gasteiger partial charge in [-0.15, -0.1) is 0 Å². The van der Waals surface area contributed by atoms with Crippen LogP contribution >= 0.6 is 27.7 Å². The topological polar surface area (TPSA) is 37.8 Å². The van der Waals surface area contributed by atoms with E-state index in [0.29, 0.717) is 5.95 Å². The molecule has 1 aliphatic carbocycles. The number of nitrogens with zero attached hydrogens (tertiary/aromatic N) is 2. The first-order valence-electron chi connectivity index (χ1n) is 6.26. The van der Waals surface area contributed by atoms with Gasteiger partial charge in [0.1, 0.15) is 5.03 Å². The van der Waals surface area contributed by atoms with Crippen LogP contribution in [0.3, 0.4) is 0 Å². The molecule has 1 aromatic heterocycles. The largest absolute Gasteiger partial charge is 0.357 e. The van der Waals surface area contributed by atoms with Crippen molar-refractivity contribution in [2.75, 3.05) is 12.4 Å². The summed E-state index contributed by atoms with van der Waals surface area (Å²) in [6, 6.07) is 6.72. The average molecular weight is 336 g/mol. The highest BCUT2D eigenvalue weighted by molar-refractivity contribution is 9.10. The summed E-state index contributed by atoms with van der Waals surface area (Å²) in [7, 11) is 1.83. The van der Waals surface area contributed by atoms with Crippen molar-refractivity contribution in [3.05, 3.63) is 40.0 Å². The normalized spacial score (nSPS) is 13.4. The summed E-state index contributed by atoms with van der Waals surface area (Å²) in [5, 5.41) is 3.91. The Morgan fingerprint density at radius 1 is 1.26 bits per heavy atom. The highest BCUT2D eigenvalue weighted by Crippen LogP contribution is 2.34. The molecule has 0 saturated carbocycles. The van der Waals surface area contributed by atoms with Gasteiger partial charge in [0.05, 0.1) is 4.47 Å². The number of halogens is 1. The van der Waals surface area contributed by atoms with Gasteiger partial charge in [0.15, 0.2) is 0 Å². The number of hydrogen-bond donors (Lipinski definition) is 1. The molecule has 0 saturated heterocycles. The zero-order valence-corrected chi connectivity index (χ0v) is 13.0. The Labute approximate surface area is 125 Å². The third-order valence-electron chi connectivity index (χ3n) is 3.22. The van der Waals surface area contributed by atoms with Crippen LogP contribution in [-0.2, 0) is 12.8 Å². The second-order valence-electron chi connectivity index (χ2n) is 4.48. The molecule has 1 heterocycles. The van der Waals surface area contributed by atoms with E-state index < -0.39 is 0 Å². The standard InChI is InChI=1S/C14H14BrN3S/c1-16-14-17-8-12(15)13(18-14)19-11-6-5-9-3-2-4-10(9)7-11/h5-8H,2-4H2,1H3,(H,16,17,18). The fourth-order valence-corrected chi connectivity index (χ4v) is 3.54. The third-order valence-corrected chi connectivity index (χ3v) is 5.06. The summed E-state index contributed by atoms with van der Waals surface area (Å²) in [6.45, 7) is 0. The minimum atomic E-state index is 0.645. The van der Waals surface area contributed by atoms with Crippen LogP contribution in [0, 0.1) is 0 Å². The molecule has 19 heavy (non-hydrogen) atoms. The van der Waals surface area contributed by atoms with Gasteiger partial charge in [-0.2, -0.15) is 0 Å². The third kappa shape index (κ3) is 2.77. The molecule has 0 unspecified atom stereocenters. The molecule has 5 heteroatoms. The molecule has 0 radical (unpaired) electrons. The number of benzene rings is 1. The maximum atomic E-state index is 4.47. The van der Waals surface area contributed by atoms with Gasteiger partial charge in [0.2, 0.25) is 5.95 Å². The molecule has 0 fully saturated rings. The number of aromatic nitrogens is 2. The van der Waals surface area contributed by atoms with Crippen molar-refractivity contribution in [2.24, 2.45) is 0 Å². The fourth-order valence-electron chi connectivity index (χ4n) is 2.27. The quantitative estimate of drug-likeness (QED) is 0.862. The lowest BCUT2D eigenvalue weighted by atomic mass is 10.1. The van der Waals surface area contributed by atoms with Crippen molar-refractivity contribution in [1.29, 1.82) is 0 Å². The summed E-state index contributed by atoms with van der Waals surface area (Å²) in [6.07, 6.45) is 5.50. The lowest BCUT2D eigenvalue weighted by molar-refractivity contribution is 0.911. The van der Waals surface area contributed by atoms with E-state index in [1.54, 1.807) is 18.0 Å². The zero-order chi connectivity index (χ0) is 13.2. The molecule has 0 atom stereocenters. The van der Waals surface area contributed by atoms with Crippen LogP contribution in [0.5, 0.6) is 0 Å². The van der Waals surface area contributed by atoms with Crippen LogP contribution in [-0.4, -0.2) is 17.0 Å². The monoisotopic (exact) mass is 335 g/mol. The lowest BCUT2D eigenvalue weighted by Gasteiger charge is -2.07. The first-order chi connectivity index (χ1) is 9.26. The van der Waals surface area contributed by atoms with Crippen LogP contribution in [0.1, 0.15) is 17.5 Å². The smallest absolute Gasteiger partial charge is 0.223 e. The first kappa shape index (κ1) is 12.9. The lowest BCUT2D eigenvalue weighted by Crippen LogP contribution is -1.97. The minimum absolute atomic E-state index is 0.645. The molecule has 1 aliphatic rings. The molecule has 98 valence electrons. The van der Waals surface area contributed by atoms with Crippen LogP contribution in [0.25, 0.3) is 0 Å². The van der Waals surface area contributed by atoms with Gasteiger partial charge in [-0.1, -0.05) is 17.8 Å². The van der Waals surface area contributed by atoms with Gasteiger partial charge in [0.25, 0.3) is 0 Å². The van der Waals surface area contributed by atoms with E-state index in [2.05, 4.69) is 49.4 Å². The summed E-state index contributed by atoms with van der Waals surface area (Å²) in [4.78, 5) is 9.89. The summed E-state index contributed by atoms with van der Waals surface area (Å²) < 4.78 is 0.928.